The van der Waals surface area contributed by atoms with Gasteiger partial charge < -0.3 is 29.0 Å². The van der Waals surface area contributed by atoms with Crippen molar-refractivity contribution in [1.82, 2.24) is 5.32 Å². The third kappa shape index (κ3) is 7.39. The second-order valence-corrected chi connectivity index (χ2v) is 8.50. The Hall–Kier alpha value is -3.72. The number of hydrogen-bond donors (Lipinski definition) is 1. The Bertz CT molecular complexity index is 1130. The van der Waals surface area contributed by atoms with E-state index >= 15 is 0 Å². The largest absolute Gasteiger partial charge is 0.493 e. The van der Waals surface area contributed by atoms with E-state index in [1.807, 2.05) is 18.2 Å². The van der Waals surface area contributed by atoms with Crippen molar-refractivity contribution < 1.29 is 33.3 Å². The molecular weight excluding hydrogens is 530 g/mol. The number of esters is 1. The van der Waals surface area contributed by atoms with E-state index in [2.05, 4.69) is 21.2 Å². The molecule has 0 aliphatic heterocycles. The lowest BCUT2D eigenvalue weighted by atomic mass is 10.1. The molecule has 0 saturated heterocycles. The number of nitrogens with one attached hydrogen (secondary N) is 1. The molecule has 36 heavy (non-hydrogen) atoms. The van der Waals surface area contributed by atoms with E-state index in [1.54, 1.807) is 48.5 Å². The van der Waals surface area contributed by atoms with Gasteiger partial charge in [-0.2, -0.15) is 0 Å². The summed E-state index contributed by atoms with van der Waals surface area (Å²) in [6.07, 6.45) is -1.15. The summed E-state index contributed by atoms with van der Waals surface area (Å²) in [5, 5.41) is 2.83. The van der Waals surface area contributed by atoms with Crippen molar-refractivity contribution in [2.24, 2.45) is 0 Å². The van der Waals surface area contributed by atoms with Crippen molar-refractivity contribution in [3.8, 4) is 23.0 Å². The molecular formula is C27H28BrNO7. The Morgan fingerprint density at radius 1 is 0.889 bits per heavy atom. The molecule has 0 bridgehead atoms. The van der Waals surface area contributed by atoms with E-state index in [-0.39, 0.29) is 19.6 Å². The molecule has 190 valence electrons. The molecule has 0 fully saturated rings. The van der Waals surface area contributed by atoms with Gasteiger partial charge >= 0.3 is 5.97 Å². The number of para-hydroxylation sites is 1. The van der Waals surface area contributed by atoms with Gasteiger partial charge in [-0.25, -0.2) is 0 Å². The van der Waals surface area contributed by atoms with Gasteiger partial charge in [0.05, 0.1) is 34.4 Å². The predicted octanol–water partition coefficient (Wildman–Crippen LogP) is 4.84. The number of carbonyl (C=O) groups excluding carboxylic acids is 2. The Morgan fingerprint density at radius 2 is 1.53 bits per heavy atom. The van der Waals surface area contributed by atoms with Gasteiger partial charge in [-0.05, 0) is 42.0 Å². The van der Waals surface area contributed by atoms with E-state index in [1.165, 1.54) is 21.3 Å². The molecule has 0 spiro atoms. The highest BCUT2D eigenvalue weighted by molar-refractivity contribution is 9.10. The highest BCUT2D eigenvalue weighted by atomic mass is 79.9. The minimum Gasteiger partial charge on any atom is -0.493 e. The molecule has 0 heterocycles. The van der Waals surface area contributed by atoms with E-state index in [9.17, 15) is 9.59 Å². The molecule has 0 aliphatic carbocycles. The maximum Gasteiger partial charge on any atom is 0.310 e. The molecule has 3 aromatic rings. The summed E-state index contributed by atoms with van der Waals surface area (Å²) in [5.74, 6) is 1.02. The van der Waals surface area contributed by atoms with Crippen molar-refractivity contribution in [3.63, 3.8) is 0 Å². The van der Waals surface area contributed by atoms with Gasteiger partial charge in [-0.1, -0.05) is 46.3 Å². The highest BCUT2D eigenvalue weighted by Gasteiger charge is 2.25. The molecule has 8 nitrogen and oxygen atoms in total. The van der Waals surface area contributed by atoms with Crippen LogP contribution in [0.1, 0.15) is 23.7 Å². The zero-order valence-electron chi connectivity index (χ0n) is 20.3. The molecule has 0 radical (unpaired) electrons. The lowest BCUT2D eigenvalue weighted by Crippen LogP contribution is -2.32. The highest BCUT2D eigenvalue weighted by Crippen LogP contribution is 2.38. The van der Waals surface area contributed by atoms with Gasteiger partial charge in [0.15, 0.2) is 11.5 Å². The van der Waals surface area contributed by atoms with Crippen LogP contribution in [0.25, 0.3) is 0 Å². The number of hydrogen-bond acceptors (Lipinski definition) is 7. The first-order valence-corrected chi connectivity index (χ1v) is 11.9. The fourth-order valence-electron chi connectivity index (χ4n) is 3.39. The van der Waals surface area contributed by atoms with Crippen LogP contribution >= 0.6 is 15.9 Å². The fourth-order valence-corrected chi connectivity index (χ4v) is 3.65. The second-order valence-electron chi connectivity index (χ2n) is 7.58. The van der Waals surface area contributed by atoms with Crippen LogP contribution in [0.3, 0.4) is 0 Å². The summed E-state index contributed by atoms with van der Waals surface area (Å²) in [5.41, 5.74) is 1.26. The zero-order chi connectivity index (χ0) is 25.9. The Kier molecular flexibility index (Phi) is 10.00. The Morgan fingerprint density at radius 3 is 2.11 bits per heavy atom. The van der Waals surface area contributed by atoms with Crippen LogP contribution in [0.4, 0.5) is 0 Å². The quantitative estimate of drug-likeness (QED) is 0.318. The molecule has 3 aromatic carbocycles. The molecule has 3 rings (SSSR count). The number of carbonyl (C=O) groups is 2. The monoisotopic (exact) mass is 557 g/mol. The van der Waals surface area contributed by atoms with Crippen LogP contribution in [-0.2, 0) is 20.9 Å². The zero-order valence-corrected chi connectivity index (χ0v) is 21.9. The van der Waals surface area contributed by atoms with E-state index in [0.717, 1.165) is 10.0 Å². The average molecular weight is 558 g/mol. The summed E-state index contributed by atoms with van der Waals surface area (Å²) in [6, 6.07) is 19.6. The van der Waals surface area contributed by atoms with Crippen molar-refractivity contribution in [3.05, 3.63) is 82.3 Å². The molecule has 1 unspecified atom stereocenters. The fraction of sp³-hybridized carbons (Fsp3) is 0.259. The average Bonchev–Trinajstić information content (AvgIpc) is 2.90. The SMILES string of the molecule is COc1cc(CNC(=O)C(OC(=O)CCOc2ccccc2)c2ccc(Br)cc2)cc(OC)c1OC. The number of amides is 1. The van der Waals surface area contributed by atoms with Crippen molar-refractivity contribution in [1.29, 1.82) is 0 Å². The van der Waals surface area contributed by atoms with Crippen LogP contribution in [0.15, 0.2) is 71.2 Å². The first-order valence-electron chi connectivity index (χ1n) is 11.1. The van der Waals surface area contributed by atoms with Gasteiger partial charge in [-0.3, -0.25) is 9.59 Å². The van der Waals surface area contributed by atoms with Gasteiger partial charge in [0.25, 0.3) is 5.91 Å². The van der Waals surface area contributed by atoms with E-state index < -0.39 is 18.0 Å². The van der Waals surface area contributed by atoms with Crippen LogP contribution in [0, 0.1) is 0 Å². The minimum absolute atomic E-state index is 0.0118. The van der Waals surface area contributed by atoms with Crippen LogP contribution in [-0.4, -0.2) is 39.8 Å². The molecule has 1 amide bonds. The molecule has 0 aromatic heterocycles. The Balaban J connectivity index is 1.69. The molecule has 0 aliphatic rings. The molecule has 1 atom stereocenters. The van der Waals surface area contributed by atoms with Gasteiger partial charge in [0.2, 0.25) is 11.9 Å². The smallest absolute Gasteiger partial charge is 0.310 e. The summed E-state index contributed by atoms with van der Waals surface area (Å²) >= 11 is 3.38. The first kappa shape index (κ1) is 26.9. The third-order valence-electron chi connectivity index (χ3n) is 5.17. The first-order chi connectivity index (χ1) is 17.4. The summed E-state index contributed by atoms with van der Waals surface area (Å²) in [6.45, 7) is 0.278. The maximum absolute atomic E-state index is 13.1. The number of halogens is 1. The molecule has 0 saturated carbocycles. The van der Waals surface area contributed by atoms with E-state index in [0.29, 0.717) is 28.6 Å². The minimum atomic E-state index is -1.13. The lowest BCUT2D eigenvalue weighted by Gasteiger charge is -2.19. The van der Waals surface area contributed by atoms with Gasteiger partial charge in [-0.15, -0.1) is 0 Å². The number of rotatable bonds is 12. The summed E-state index contributed by atoms with van der Waals surface area (Å²) in [7, 11) is 4.55. The standard InChI is InChI=1S/C27H28BrNO7/c1-32-22-15-18(16-23(33-2)26(22)34-3)17-29-27(31)25(19-9-11-20(28)12-10-19)36-24(30)13-14-35-21-7-5-4-6-8-21/h4-12,15-16,25H,13-14,17H2,1-3H3,(H,29,31). The second kappa shape index (κ2) is 13.4. The van der Waals surface area contributed by atoms with Gasteiger partial charge in [0.1, 0.15) is 5.75 Å². The number of ether oxygens (including phenoxy) is 5. The molecule has 9 heteroatoms. The number of benzene rings is 3. The van der Waals surface area contributed by atoms with Crippen LogP contribution in [0.2, 0.25) is 0 Å². The van der Waals surface area contributed by atoms with E-state index in [4.69, 9.17) is 23.7 Å². The topological polar surface area (TPSA) is 92.3 Å². The maximum atomic E-state index is 13.1. The van der Waals surface area contributed by atoms with Crippen LogP contribution < -0.4 is 24.3 Å². The molecule has 1 N–H and O–H groups in total. The summed E-state index contributed by atoms with van der Waals surface area (Å²) in [4.78, 5) is 25.7. The predicted molar refractivity (Wildman–Crippen MR) is 137 cm³/mol. The van der Waals surface area contributed by atoms with Gasteiger partial charge in [0, 0.05) is 16.6 Å². The van der Waals surface area contributed by atoms with Crippen molar-refractivity contribution in [2.45, 2.75) is 19.1 Å². The number of methoxy groups -OCH3 is 3. The van der Waals surface area contributed by atoms with Crippen LogP contribution in [0.5, 0.6) is 23.0 Å². The normalized spacial score (nSPS) is 11.2. The third-order valence-corrected chi connectivity index (χ3v) is 5.70. The van der Waals surface area contributed by atoms with Crippen molar-refractivity contribution in [2.75, 3.05) is 27.9 Å². The van der Waals surface area contributed by atoms with Crippen molar-refractivity contribution >= 4 is 27.8 Å². The lowest BCUT2D eigenvalue weighted by molar-refractivity contribution is -0.157. The Labute approximate surface area is 218 Å². The summed E-state index contributed by atoms with van der Waals surface area (Å²) < 4.78 is 28.1.